The number of halogens is 2. The molecule has 3 rings (SSSR count). The SMILES string of the molecule is NC1=C(OS(=O)(=O)c2ccccc2)C(=O)C(c2c(Cl)cccc2Cl)O1. The molecule has 9 heteroatoms. The number of rotatable bonds is 4. The van der Waals surface area contributed by atoms with Crippen molar-refractivity contribution < 1.29 is 22.1 Å². The van der Waals surface area contributed by atoms with Crippen LogP contribution in [0.15, 0.2) is 65.1 Å². The Balaban J connectivity index is 1.92. The molecule has 1 atom stereocenters. The van der Waals surface area contributed by atoms with Crippen molar-refractivity contribution in [3.05, 3.63) is 75.8 Å². The normalized spacial score (nSPS) is 17.5. The summed E-state index contributed by atoms with van der Waals surface area (Å²) in [4.78, 5) is 12.4. The number of benzene rings is 2. The van der Waals surface area contributed by atoms with E-state index in [1.54, 1.807) is 12.1 Å². The maximum atomic E-state index is 12.6. The van der Waals surface area contributed by atoms with Gasteiger partial charge in [0.25, 0.3) is 0 Å². The van der Waals surface area contributed by atoms with Crippen LogP contribution < -0.4 is 5.73 Å². The number of hydrogen-bond donors (Lipinski definition) is 1. The average Bonchev–Trinajstić information content (AvgIpc) is 2.83. The smallest absolute Gasteiger partial charge is 0.339 e. The minimum Gasteiger partial charge on any atom is -0.460 e. The summed E-state index contributed by atoms with van der Waals surface area (Å²) in [6, 6.07) is 12.0. The van der Waals surface area contributed by atoms with Crippen molar-refractivity contribution in [3.63, 3.8) is 0 Å². The first-order valence-corrected chi connectivity index (χ1v) is 9.12. The molecule has 2 aromatic rings. The van der Waals surface area contributed by atoms with Gasteiger partial charge in [-0.2, -0.15) is 8.42 Å². The summed E-state index contributed by atoms with van der Waals surface area (Å²) in [5, 5.41) is 0.372. The summed E-state index contributed by atoms with van der Waals surface area (Å²) >= 11 is 12.1. The Bertz CT molecular complexity index is 953. The summed E-state index contributed by atoms with van der Waals surface area (Å²) in [5.41, 5.74) is 5.83. The Morgan fingerprint density at radius 1 is 1.00 bits per heavy atom. The average molecular weight is 400 g/mol. The van der Waals surface area contributed by atoms with Crippen LogP contribution in [0, 0.1) is 0 Å². The Morgan fingerprint density at radius 3 is 2.20 bits per heavy atom. The van der Waals surface area contributed by atoms with Gasteiger partial charge in [-0.05, 0) is 24.3 Å². The molecule has 0 spiro atoms. The lowest BCUT2D eigenvalue weighted by molar-refractivity contribution is -0.123. The molecule has 1 unspecified atom stereocenters. The Morgan fingerprint density at radius 2 is 1.60 bits per heavy atom. The van der Waals surface area contributed by atoms with Crippen molar-refractivity contribution in [1.29, 1.82) is 0 Å². The van der Waals surface area contributed by atoms with E-state index < -0.39 is 33.6 Å². The molecular weight excluding hydrogens is 389 g/mol. The fourth-order valence-corrected chi connectivity index (χ4v) is 3.82. The molecule has 130 valence electrons. The molecule has 1 aliphatic rings. The minimum absolute atomic E-state index is 0.123. The van der Waals surface area contributed by atoms with Gasteiger partial charge in [0.05, 0.1) is 0 Å². The minimum atomic E-state index is -4.24. The number of carbonyl (C=O) groups is 1. The standard InChI is InChI=1S/C16H11Cl2NO5S/c17-10-7-4-8-11(18)12(10)14-13(20)15(16(19)23-14)24-25(21,22)9-5-2-1-3-6-9/h1-8,14H,19H2. The zero-order valence-corrected chi connectivity index (χ0v) is 14.8. The van der Waals surface area contributed by atoms with Crippen LogP contribution in [0.3, 0.4) is 0 Å². The Hall–Kier alpha value is -2.22. The van der Waals surface area contributed by atoms with E-state index in [0.29, 0.717) is 0 Å². The van der Waals surface area contributed by atoms with Gasteiger partial charge in [0, 0.05) is 15.6 Å². The van der Waals surface area contributed by atoms with Gasteiger partial charge in [-0.1, -0.05) is 47.5 Å². The third-order valence-electron chi connectivity index (χ3n) is 3.42. The molecule has 0 aromatic heterocycles. The number of ketones is 1. The van der Waals surface area contributed by atoms with E-state index in [2.05, 4.69) is 0 Å². The Labute approximate surface area is 153 Å². The largest absolute Gasteiger partial charge is 0.460 e. The molecule has 0 aliphatic carbocycles. The van der Waals surface area contributed by atoms with Crippen LogP contribution in [0.4, 0.5) is 0 Å². The second-order valence-corrected chi connectivity index (χ2v) is 7.40. The van der Waals surface area contributed by atoms with Crippen molar-refractivity contribution >= 4 is 39.1 Å². The highest BCUT2D eigenvalue weighted by molar-refractivity contribution is 7.86. The molecule has 6 nitrogen and oxygen atoms in total. The number of nitrogens with two attached hydrogens (primary N) is 1. The number of Topliss-reactive ketones (excluding diaryl/α,β-unsaturated/α-hetero) is 1. The van der Waals surface area contributed by atoms with Gasteiger partial charge in [-0.15, -0.1) is 0 Å². The van der Waals surface area contributed by atoms with E-state index in [9.17, 15) is 13.2 Å². The first kappa shape index (κ1) is 17.6. The first-order chi connectivity index (χ1) is 11.8. The van der Waals surface area contributed by atoms with Crippen LogP contribution in [0.25, 0.3) is 0 Å². The third kappa shape index (κ3) is 3.30. The highest BCUT2D eigenvalue weighted by atomic mass is 35.5. The quantitative estimate of drug-likeness (QED) is 0.793. The lowest BCUT2D eigenvalue weighted by atomic mass is 10.1. The lowest BCUT2D eigenvalue weighted by Crippen LogP contribution is -2.15. The van der Waals surface area contributed by atoms with Crippen LogP contribution in [0.5, 0.6) is 0 Å². The number of carbonyl (C=O) groups excluding carboxylic acids is 1. The van der Waals surface area contributed by atoms with Gasteiger partial charge in [0.2, 0.25) is 17.4 Å². The van der Waals surface area contributed by atoms with E-state index in [4.69, 9.17) is 37.9 Å². The molecule has 2 aromatic carbocycles. The molecule has 25 heavy (non-hydrogen) atoms. The molecule has 0 radical (unpaired) electrons. The first-order valence-electron chi connectivity index (χ1n) is 6.95. The fraction of sp³-hybridized carbons (Fsp3) is 0.0625. The van der Waals surface area contributed by atoms with Crippen molar-refractivity contribution in [2.45, 2.75) is 11.0 Å². The van der Waals surface area contributed by atoms with Crippen LogP contribution in [0.1, 0.15) is 11.7 Å². The van der Waals surface area contributed by atoms with Crippen molar-refractivity contribution in [3.8, 4) is 0 Å². The van der Waals surface area contributed by atoms with Gasteiger partial charge < -0.3 is 14.7 Å². The van der Waals surface area contributed by atoms with E-state index in [1.807, 2.05) is 0 Å². The van der Waals surface area contributed by atoms with Gasteiger partial charge in [0.15, 0.2) is 6.10 Å². The summed E-state index contributed by atoms with van der Waals surface area (Å²) < 4.78 is 34.7. The van der Waals surface area contributed by atoms with Gasteiger partial charge in [-0.3, -0.25) is 4.79 Å². The fourth-order valence-electron chi connectivity index (χ4n) is 2.25. The molecule has 0 amide bonds. The number of ether oxygens (including phenoxy) is 1. The summed E-state index contributed by atoms with van der Waals surface area (Å²) in [7, 11) is -4.24. The zero-order valence-electron chi connectivity index (χ0n) is 12.5. The van der Waals surface area contributed by atoms with Crippen molar-refractivity contribution in [1.82, 2.24) is 0 Å². The zero-order chi connectivity index (χ0) is 18.2. The molecule has 2 N–H and O–H groups in total. The highest BCUT2D eigenvalue weighted by Gasteiger charge is 2.41. The molecule has 0 saturated heterocycles. The predicted molar refractivity (Wildman–Crippen MR) is 91.2 cm³/mol. The second-order valence-electron chi connectivity index (χ2n) is 5.04. The van der Waals surface area contributed by atoms with E-state index in [1.165, 1.54) is 36.4 Å². The monoisotopic (exact) mass is 399 g/mol. The molecule has 0 fully saturated rings. The topological polar surface area (TPSA) is 95.7 Å². The third-order valence-corrected chi connectivity index (χ3v) is 5.31. The van der Waals surface area contributed by atoms with Gasteiger partial charge in [0.1, 0.15) is 4.90 Å². The maximum Gasteiger partial charge on any atom is 0.339 e. The molecule has 0 saturated carbocycles. The van der Waals surface area contributed by atoms with Gasteiger partial charge in [-0.25, -0.2) is 0 Å². The summed E-state index contributed by atoms with van der Waals surface area (Å²) in [5.74, 6) is -1.85. The molecule has 1 heterocycles. The summed E-state index contributed by atoms with van der Waals surface area (Å²) in [6.07, 6.45) is -1.28. The summed E-state index contributed by atoms with van der Waals surface area (Å²) in [6.45, 7) is 0. The lowest BCUT2D eigenvalue weighted by Gasteiger charge is -2.13. The molecular formula is C16H11Cl2NO5S. The van der Waals surface area contributed by atoms with Gasteiger partial charge >= 0.3 is 10.1 Å². The maximum absolute atomic E-state index is 12.6. The van der Waals surface area contributed by atoms with E-state index in [0.717, 1.165) is 0 Å². The van der Waals surface area contributed by atoms with E-state index in [-0.39, 0.29) is 20.5 Å². The highest BCUT2D eigenvalue weighted by Crippen LogP contribution is 2.39. The van der Waals surface area contributed by atoms with Crippen LogP contribution in [-0.4, -0.2) is 14.2 Å². The van der Waals surface area contributed by atoms with Crippen LogP contribution in [0.2, 0.25) is 10.0 Å². The second kappa shape index (κ2) is 6.59. The number of hydrogen-bond acceptors (Lipinski definition) is 6. The van der Waals surface area contributed by atoms with Crippen molar-refractivity contribution in [2.75, 3.05) is 0 Å². The van der Waals surface area contributed by atoms with Crippen LogP contribution in [-0.2, 0) is 23.8 Å². The molecule has 1 aliphatic heterocycles. The van der Waals surface area contributed by atoms with Crippen molar-refractivity contribution in [2.24, 2.45) is 5.73 Å². The predicted octanol–water partition coefficient (Wildman–Crippen LogP) is 3.17. The Kier molecular flexibility index (Phi) is 4.64. The van der Waals surface area contributed by atoms with Crippen LogP contribution >= 0.6 is 23.2 Å². The van der Waals surface area contributed by atoms with E-state index >= 15 is 0 Å². The molecule has 0 bridgehead atoms.